The zero-order chi connectivity index (χ0) is 13.9. The lowest BCUT2D eigenvalue weighted by molar-refractivity contribution is 0.0954. The molecule has 104 valence electrons. The lowest BCUT2D eigenvalue weighted by Crippen LogP contribution is -2.21. The van der Waals surface area contributed by atoms with Gasteiger partial charge in [0.15, 0.2) is 11.5 Å². The molecule has 1 N–H and O–H groups in total. The number of ether oxygens (including phenoxy) is 2. The Labute approximate surface area is 120 Å². The Morgan fingerprint density at radius 2 is 2.25 bits per heavy atom. The van der Waals surface area contributed by atoms with Gasteiger partial charge in [0.2, 0.25) is 6.79 Å². The van der Waals surface area contributed by atoms with Crippen LogP contribution < -0.4 is 14.8 Å². The van der Waals surface area contributed by atoms with Crippen LogP contribution in [0, 0.1) is 0 Å². The maximum atomic E-state index is 12.0. The molecule has 1 aliphatic heterocycles. The molecule has 1 amide bonds. The van der Waals surface area contributed by atoms with Crippen molar-refractivity contribution < 1.29 is 14.3 Å². The average Bonchev–Trinajstić information content (AvgIpc) is 3.12. The maximum absolute atomic E-state index is 12.0. The van der Waals surface area contributed by atoms with Crippen molar-refractivity contribution in [3.8, 4) is 11.5 Å². The minimum absolute atomic E-state index is 0.0973. The molecule has 0 fully saturated rings. The first-order chi connectivity index (χ1) is 9.76. The number of aryl methyl sites for hydroxylation is 1. The van der Waals surface area contributed by atoms with Gasteiger partial charge in [-0.25, -0.2) is 4.98 Å². The van der Waals surface area contributed by atoms with E-state index in [1.54, 1.807) is 6.20 Å². The molecule has 0 unspecified atom stereocenters. The van der Waals surface area contributed by atoms with Gasteiger partial charge in [0.05, 0.1) is 11.2 Å². The summed E-state index contributed by atoms with van der Waals surface area (Å²) in [7, 11) is 0. The fourth-order valence-electron chi connectivity index (χ4n) is 1.90. The van der Waals surface area contributed by atoms with Crippen LogP contribution in [-0.2, 0) is 13.0 Å². The molecule has 3 rings (SSSR count). The lowest BCUT2D eigenvalue weighted by atomic mass is 10.2. The van der Waals surface area contributed by atoms with Gasteiger partial charge < -0.3 is 14.8 Å². The highest BCUT2D eigenvalue weighted by Crippen LogP contribution is 2.32. The van der Waals surface area contributed by atoms with Crippen molar-refractivity contribution >= 4 is 17.2 Å². The second kappa shape index (κ2) is 5.50. The highest BCUT2D eigenvalue weighted by molar-refractivity contribution is 7.13. The van der Waals surface area contributed by atoms with Gasteiger partial charge in [0.25, 0.3) is 5.91 Å². The maximum Gasteiger partial charge on any atom is 0.263 e. The fraction of sp³-hybridized carbons (Fsp3) is 0.286. The molecule has 0 bridgehead atoms. The molecule has 0 radical (unpaired) electrons. The molecular formula is C14H14N2O3S. The molecule has 1 aliphatic rings. The monoisotopic (exact) mass is 290 g/mol. The Hall–Kier alpha value is -2.08. The van der Waals surface area contributed by atoms with E-state index >= 15 is 0 Å². The second-order valence-corrected chi connectivity index (χ2v) is 5.46. The minimum Gasteiger partial charge on any atom is -0.454 e. The molecule has 5 nitrogen and oxygen atoms in total. The van der Waals surface area contributed by atoms with E-state index < -0.39 is 0 Å². The van der Waals surface area contributed by atoms with Crippen LogP contribution in [0.15, 0.2) is 24.4 Å². The van der Waals surface area contributed by atoms with Gasteiger partial charge in [0.1, 0.15) is 4.88 Å². The molecule has 0 saturated heterocycles. The van der Waals surface area contributed by atoms with Gasteiger partial charge in [-0.05, 0) is 24.1 Å². The molecule has 0 atom stereocenters. The second-order valence-electron chi connectivity index (χ2n) is 4.34. The topological polar surface area (TPSA) is 60.5 Å². The normalized spacial score (nSPS) is 12.4. The minimum atomic E-state index is -0.0973. The van der Waals surface area contributed by atoms with E-state index in [0.717, 1.165) is 28.5 Å². The summed E-state index contributed by atoms with van der Waals surface area (Å²) in [6.07, 6.45) is 2.47. The number of thiazole rings is 1. The summed E-state index contributed by atoms with van der Waals surface area (Å²) in [5.41, 5.74) is 0.975. The van der Waals surface area contributed by atoms with Crippen LogP contribution in [0.2, 0.25) is 0 Å². The molecule has 0 aliphatic carbocycles. The molecular weight excluding hydrogens is 276 g/mol. The highest BCUT2D eigenvalue weighted by atomic mass is 32.1. The SMILES string of the molecule is CCc1ncc(C(=O)NCc2ccc3c(c2)OCO3)s1. The predicted octanol–water partition coefficient (Wildman–Crippen LogP) is 2.36. The van der Waals surface area contributed by atoms with Crippen molar-refractivity contribution in [1.29, 1.82) is 0 Å². The third-order valence-electron chi connectivity index (χ3n) is 2.97. The average molecular weight is 290 g/mol. The van der Waals surface area contributed by atoms with E-state index in [-0.39, 0.29) is 12.7 Å². The molecule has 20 heavy (non-hydrogen) atoms. The van der Waals surface area contributed by atoms with Crippen LogP contribution in [-0.4, -0.2) is 17.7 Å². The molecule has 6 heteroatoms. The number of benzene rings is 1. The van der Waals surface area contributed by atoms with Crippen molar-refractivity contribution in [2.24, 2.45) is 0 Å². The molecule has 2 aromatic rings. The Morgan fingerprint density at radius 1 is 1.40 bits per heavy atom. The van der Waals surface area contributed by atoms with Crippen molar-refractivity contribution in [2.75, 3.05) is 6.79 Å². The smallest absolute Gasteiger partial charge is 0.263 e. The molecule has 2 heterocycles. The lowest BCUT2D eigenvalue weighted by Gasteiger charge is -2.04. The van der Waals surface area contributed by atoms with E-state index in [1.807, 2.05) is 25.1 Å². The summed E-state index contributed by atoms with van der Waals surface area (Å²) in [5, 5.41) is 3.85. The predicted molar refractivity (Wildman–Crippen MR) is 75.2 cm³/mol. The van der Waals surface area contributed by atoms with E-state index in [2.05, 4.69) is 10.3 Å². The summed E-state index contributed by atoms with van der Waals surface area (Å²) in [6.45, 7) is 2.73. The standard InChI is InChI=1S/C14H14N2O3S/c1-2-13-15-7-12(20-13)14(17)16-6-9-3-4-10-11(5-9)19-8-18-10/h3-5,7H,2,6,8H2,1H3,(H,16,17). The molecule has 1 aromatic carbocycles. The first-order valence-corrected chi connectivity index (χ1v) is 7.19. The number of hydrogen-bond donors (Lipinski definition) is 1. The Morgan fingerprint density at radius 3 is 3.05 bits per heavy atom. The first-order valence-electron chi connectivity index (χ1n) is 6.37. The highest BCUT2D eigenvalue weighted by Gasteiger charge is 2.14. The zero-order valence-electron chi connectivity index (χ0n) is 11.0. The number of rotatable bonds is 4. The summed E-state index contributed by atoms with van der Waals surface area (Å²) >= 11 is 1.43. The Balaban J connectivity index is 1.63. The Kier molecular flexibility index (Phi) is 3.56. The quantitative estimate of drug-likeness (QED) is 0.939. The number of aromatic nitrogens is 1. The van der Waals surface area contributed by atoms with Gasteiger partial charge in [-0.15, -0.1) is 11.3 Å². The number of carbonyl (C=O) groups is 1. The summed E-state index contributed by atoms with van der Waals surface area (Å²) in [6, 6.07) is 5.65. The van der Waals surface area contributed by atoms with Crippen LogP contribution in [0.4, 0.5) is 0 Å². The zero-order valence-corrected chi connectivity index (χ0v) is 11.8. The van der Waals surface area contributed by atoms with Crippen molar-refractivity contribution in [1.82, 2.24) is 10.3 Å². The third-order valence-corrected chi connectivity index (χ3v) is 4.11. The third kappa shape index (κ3) is 2.60. The number of fused-ring (bicyclic) bond motifs is 1. The summed E-state index contributed by atoms with van der Waals surface area (Å²) < 4.78 is 10.6. The number of nitrogens with one attached hydrogen (secondary N) is 1. The summed E-state index contributed by atoms with van der Waals surface area (Å²) in [5.74, 6) is 1.37. The van der Waals surface area contributed by atoms with Crippen LogP contribution in [0.3, 0.4) is 0 Å². The number of hydrogen-bond acceptors (Lipinski definition) is 5. The van der Waals surface area contributed by atoms with Gasteiger partial charge in [-0.2, -0.15) is 0 Å². The Bertz CT molecular complexity index is 639. The van der Waals surface area contributed by atoms with Gasteiger partial charge in [-0.3, -0.25) is 4.79 Å². The van der Waals surface area contributed by atoms with Crippen LogP contribution in [0.1, 0.15) is 27.2 Å². The summed E-state index contributed by atoms with van der Waals surface area (Å²) in [4.78, 5) is 16.8. The van der Waals surface area contributed by atoms with Crippen LogP contribution in [0.25, 0.3) is 0 Å². The molecule has 0 saturated carbocycles. The number of amides is 1. The molecule has 0 spiro atoms. The van der Waals surface area contributed by atoms with Gasteiger partial charge in [0, 0.05) is 6.54 Å². The van der Waals surface area contributed by atoms with E-state index in [4.69, 9.17) is 9.47 Å². The number of carbonyl (C=O) groups excluding carboxylic acids is 1. The van der Waals surface area contributed by atoms with Crippen LogP contribution in [0.5, 0.6) is 11.5 Å². The molecule has 1 aromatic heterocycles. The first kappa shape index (κ1) is 12.9. The largest absolute Gasteiger partial charge is 0.454 e. The number of nitrogens with zero attached hydrogens (tertiary/aromatic N) is 1. The van der Waals surface area contributed by atoms with Crippen molar-refractivity contribution in [3.05, 3.63) is 39.8 Å². The van der Waals surface area contributed by atoms with Crippen molar-refractivity contribution in [3.63, 3.8) is 0 Å². The van der Waals surface area contributed by atoms with Gasteiger partial charge >= 0.3 is 0 Å². The van der Waals surface area contributed by atoms with Gasteiger partial charge in [-0.1, -0.05) is 13.0 Å². The van der Waals surface area contributed by atoms with Crippen molar-refractivity contribution in [2.45, 2.75) is 19.9 Å². The van der Waals surface area contributed by atoms with E-state index in [0.29, 0.717) is 11.4 Å². The fourth-order valence-corrected chi connectivity index (χ4v) is 2.67. The van der Waals surface area contributed by atoms with Crippen LogP contribution >= 0.6 is 11.3 Å². The van der Waals surface area contributed by atoms with E-state index in [9.17, 15) is 4.79 Å². The van der Waals surface area contributed by atoms with E-state index in [1.165, 1.54) is 11.3 Å².